The highest BCUT2D eigenvalue weighted by atomic mass is 35.5. The Labute approximate surface area is 216 Å². The van der Waals surface area contributed by atoms with E-state index >= 15 is 0 Å². The number of nitrogens with one attached hydrogen (secondary N) is 1. The zero-order valence-corrected chi connectivity index (χ0v) is 20.8. The topological polar surface area (TPSA) is 114 Å². The second-order valence-electron chi connectivity index (χ2n) is 8.22. The maximum atomic E-state index is 13.8. The normalized spacial score (nSPS) is 13.9. The average molecular weight is 533 g/mol. The molecule has 9 nitrogen and oxygen atoms in total. The molecule has 3 aromatic rings. The van der Waals surface area contributed by atoms with Gasteiger partial charge in [0.25, 0.3) is 11.8 Å². The first kappa shape index (κ1) is 25.6. The van der Waals surface area contributed by atoms with Crippen LogP contribution in [-0.4, -0.2) is 65.0 Å². The zero-order valence-electron chi connectivity index (χ0n) is 19.3. The number of hydrogen-bond acceptors (Lipinski definition) is 7. The number of nitrogens with zero attached hydrogens (tertiary/aromatic N) is 4. The Morgan fingerprint density at radius 1 is 1.08 bits per heavy atom. The van der Waals surface area contributed by atoms with Crippen molar-refractivity contribution in [1.29, 1.82) is 0 Å². The highest BCUT2D eigenvalue weighted by molar-refractivity contribution is 6.36. The third kappa shape index (κ3) is 5.84. The number of hydrogen-bond donors (Lipinski definition) is 2. The number of anilines is 2. The van der Waals surface area contributed by atoms with Gasteiger partial charge in [-0.25, -0.2) is 4.39 Å². The van der Waals surface area contributed by atoms with Gasteiger partial charge in [-0.3, -0.25) is 9.59 Å². The molecule has 1 saturated heterocycles. The number of amides is 2. The molecule has 2 amide bonds. The van der Waals surface area contributed by atoms with Crippen molar-refractivity contribution in [3.05, 3.63) is 75.1 Å². The van der Waals surface area contributed by atoms with Crippen LogP contribution in [0.3, 0.4) is 0 Å². The minimum atomic E-state index is -0.642. The molecule has 0 spiro atoms. The van der Waals surface area contributed by atoms with Gasteiger partial charge in [0, 0.05) is 54.1 Å². The van der Waals surface area contributed by atoms with Crippen molar-refractivity contribution in [2.24, 2.45) is 0 Å². The van der Waals surface area contributed by atoms with Gasteiger partial charge in [-0.15, -0.1) is 10.2 Å². The smallest absolute Gasteiger partial charge is 0.276 e. The number of carbonyl (C=O) groups excluding carboxylic acids is 2. The molecule has 2 aromatic carbocycles. The van der Waals surface area contributed by atoms with Crippen LogP contribution in [0.25, 0.3) is 0 Å². The fourth-order valence-corrected chi connectivity index (χ4v) is 4.02. The second kappa shape index (κ2) is 11.1. The Bertz CT molecular complexity index is 1280. The van der Waals surface area contributed by atoms with Gasteiger partial charge in [0.15, 0.2) is 17.3 Å². The molecule has 1 fully saturated rings. The van der Waals surface area contributed by atoms with Crippen molar-refractivity contribution in [3.8, 4) is 5.75 Å². The number of rotatable bonds is 6. The molecule has 36 heavy (non-hydrogen) atoms. The molecule has 0 bridgehead atoms. The molecule has 1 aliphatic rings. The summed E-state index contributed by atoms with van der Waals surface area (Å²) >= 11 is 12.0. The summed E-state index contributed by atoms with van der Waals surface area (Å²) in [7, 11) is 2.02. The lowest BCUT2D eigenvalue weighted by atomic mass is 10.1. The largest absolute Gasteiger partial charge is 0.485 e. The first-order valence-electron chi connectivity index (χ1n) is 11.0. The average Bonchev–Trinajstić information content (AvgIpc) is 2.87. The Balaban J connectivity index is 1.41. The quantitative estimate of drug-likeness (QED) is 0.465. The van der Waals surface area contributed by atoms with E-state index < -0.39 is 11.7 Å². The second-order valence-corrected chi connectivity index (χ2v) is 9.00. The van der Waals surface area contributed by atoms with E-state index in [0.717, 1.165) is 19.2 Å². The summed E-state index contributed by atoms with van der Waals surface area (Å²) in [6, 6.07) is 10.4. The standard InChI is InChI=1S/C24H23Cl2FN6O3/c1-32-8-10-33(11-9-32)24(35)14-2-4-15(5-3-14)29-23(34)19-12-20(22(28)31-30-19)36-13-16-17(25)6-7-18(27)21(16)26/h2-7,12H,8-11,13H2,1H3,(H2,28,31)(H,29,34). The number of piperazine rings is 1. The van der Waals surface area contributed by atoms with Gasteiger partial charge in [-0.1, -0.05) is 23.2 Å². The predicted molar refractivity (Wildman–Crippen MR) is 135 cm³/mol. The third-order valence-corrected chi connectivity index (χ3v) is 6.47. The molecule has 0 aliphatic carbocycles. The third-order valence-electron chi connectivity index (χ3n) is 5.71. The number of likely N-dealkylation sites (N-methyl/N-ethyl adjacent to an activating group) is 1. The van der Waals surface area contributed by atoms with Gasteiger partial charge < -0.3 is 25.6 Å². The molecule has 188 valence electrons. The van der Waals surface area contributed by atoms with E-state index in [1.165, 1.54) is 12.1 Å². The molecular weight excluding hydrogens is 510 g/mol. The van der Waals surface area contributed by atoms with Crippen LogP contribution >= 0.6 is 23.2 Å². The number of halogens is 3. The van der Waals surface area contributed by atoms with Gasteiger partial charge in [0.1, 0.15) is 12.4 Å². The molecule has 1 aliphatic heterocycles. The Morgan fingerprint density at radius 2 is 1.78 bits per heavy atom. The van der Waals surface area contributed by atoms with E-state index in [2.05, 4.69) is 20.4 Å². The van der Waals surface area contributed by atoms with E-state index in [4.69, 9.17) is 33.7 Å². The van der Waals surface area contributed by atoms with Crippen LogP contribution in [-0.2, 0) is 6.61 Å². The molecule has 0 atom stereocenters. The highest BCUT2D eigenvalue weighted by Crippen LogP contribution is 2.29. The van der Waals surface area contributed by atoms with E-state index in [-0.39, 0.29) is 45.4 Å². The van der Waals surface area contributed by atoms with Crippen LogP contribution < -0.4 is 15.8 Å². The van der Waals surface area contributed by atoms with E-state index in [1.807, 2.05) is 11.9 Å². The lowest BCUT2D eigenvalue weighted by Crippen LogP contribution is -2.47. The van der Waals surface area contributed by atoms with Crippen molar-refractivity contribution in [2.45, 2.75) is 6.61 Å². The molecule has 0 saturated carbocycles. The fraction of sp³-hybridized carbons (Fsp3) is 0.250. The van der Waals surface area contributed by atoms with Crippen LogP contribution in [0.5, 0.6) is 5.75 Å². The SMILES string of the molecule is CN1CCN(C(=O)c2ccc(NC(=O)c3cc(OCc4c(Cl)ccc(F)c4Cl)c(N)nn3)cc2)CC1. The molecule has 0 radical (unpaired) electrons. The summed E-state index contributed by atoms with van der Waals surface area (Å²) in [6.07, 6.45) is 0. The van der Waals surface area contributed by atoms with Gasteiger partial charge in [0.05, 0.1) is 5.02 Å². The van der Waals surface area contributed by atoms with Crippen LogP contribution in [0.1, 0.15) is 26.4 Å². The van der Waals surface area contributed by atoms with Crippen LogP contribution in [0.4, 0.5) is 15.9 Å². The van der Waals surface area contributed by atoms with Crippen molar-refractivity contribution < 1.29 is 18.7 Å². The Morgan fingerprint density at radius 3 is 2.47 bits per heavy atom. The summed E-state index contributed by atoms with van der Waals surface area (Å²) in [6.45, 7) is 2.81. The zero-order chi connectivity index (χ0) is 25.8. The van der Waals surface area contributed by atoms with E-state index in [0.29, 0.717) is 24.3 Å². The van der Waals surface area contributed by atoms with Crippen LogP contribution in [0, 0.1) is 5.82 Å². The Kier molecular flexibility index (Phi) is 7.88. The maximum absolute atomic E-state index is 13.8. The summed E-state index contributed by atoms with van der Waals surface area (Å²) in [5, 5.41) is 10.3. The minimum absolute atomic E-state index is 0.0503. The molecule has 4 rings (SSSR count). The minimum Gasteiger partial charge on any atom is -0.485 e. The molecular formula is C24H23Cl2FN6O3. The van der Waals surface area contributed by atoms with Crippen molar-refractivity contribution in [2.75, 3.05) is 44.3 Å². The van der Waals surface area contributed by atoms with Gasteiger partial charge in [-0.05, 0) is 43.4 Å². The summed E-state index contributed by atoms with van der Waals surface area (Å²) in [4.78, 5) is 29.4. The monoisotopic (exact) mass is 532 g/mol. The predicted octanol–water partition coefficient (Wildman–Crippen LogP) is 3.72. The first-order chi connectivity index (χ1) is 17.2. The lowest BCUT2D eigenvalue weighted by molar-refractivity contribution is 0.0664. The first-order valence-corrected chi connectivity index (χ1v) is 11.8. The molecule has 3 N–H and O–H groups in total. The summed E-state index contributed by atoms with van der Waals surface area (Å²) in [5.41, 5.74) is 6.99. The number of aromatic nitrogens is 2. The number of ether oxygens (including phenoxy) is 1. The fourth-order valence-electron chi connectivity index (χ4n) is 3.55. The number of benzene rings is 2. The van der Waals surface area contributed by atoms with Gasteiger partial charge in [-0.2, -0.15) is 0 Å². The molecule has 12 heteroatoms. The van der Waals surface area contributed by atoms with Crippen molar-refractivity contribution in [3.63, 3.8) is 0 Å². The molecule has 1 aromatic heterocycles. The lowest BCUT2D eigenvalue weighted by Gasteiger charge is -2.32. The van der Waals surface area contributed by atoms with Gasteiger partial charge in [0.2, 0.25) is 0 Å². The highest BCUT2D eigenvalue weighted by Gasteiger charge is 2.21. The number of nitrogen functional groups attached to an aromatic ring is 1. The van der Waals surface area contributed by atoms with Crippen molar-refractivity contribution >= 4 is 46.5 Å². The summed E-state index contributed by atoms with van der Waals surface area (Å²) < 4.78 is 19.3. The maximum Gasteiger partial charge on any atom is 0.276 e. The Hall–Kier alpha value is -3.47. The van der Waals surface area contributed by atoms with Crippen LogP contribution in [0.15, 0.2) is 42.5 Å². The van der Waals surface area contributed by atoms with Gasteiger partial charge >= 0.3 is 0 Å². The molecule has 0 unspecified atom stereocenters. The van der Waals surface area contributed by atoms with E-state index in [1.54, 1.807) is 24.3 Å². The van der Waals surface area contributed by atoms with E-state index in [9.17, 15) is 14.0 Å². The number of nitrogens with two attached hydrogens (primary N) is 1. The molecule has 2 heterocycles. The summed E-state index contributed by atoms with van der Waals surface area (Å²) in [5.74, 6) is -1.27. The van der Waals surface area contributed by atoms with Crippen molar-refractivity contribution in [1.82, 2.24) is 20.0 Å². The van der Waals surface area contributed by atoms with Crippen LogP contribution in [0.2, 0.25) is 10.0 Å². The number of carbonyl (C=O) groups is 2.